The van der Waals surface area contributed by atoms with Crippen LogP contribution in [0.25, 0.3) is 15.6 Å². The highest BCUT2D eigenvalue weighted by Gasteiger charge is 2.21. The number of ether oxygens (including phenoxy) is 1. The van der Waals surface area contributed by atoms with Crippen LogP contribution in [0.3, 0.4) is 0 Å². The van der Waals surface area contributed by atoms with Gasteiger partial charge in [-0.2, -0.15) is 5.26 Å². The zero-order valence-electron chi connectivity index (χ0n) is 11.1. The molecule has 0 aliphatic heterocycles. The molecule has 0 atom stereocenters. The number of carbonyl (C=O) groups is 1. The Morgan fingerprint density at radius 1 is 1.48 bits per heavy atom. The molecule has 0 radical (unpaired) electrons. The van der Waals surface area contributed by atoms with E-state index in [-0.39, 0.29) is 16.9 Å². The molecule has 0 unspecified atom stereocenters. The zero-order valence-corrected chi connectivity index (χ0v) is 11.9. The zero-order chi connectivity index (χ0) is 15.0. The number of rotatable bonds is 2. The van der Waals surface area contributed by atoms with Gasteiger partial charge in [-0.1, -0.05) is 17.4 Å². The molecule has 3 rings (SSSR count). The fourth-order valence-corrected chi connectivity index (χ4v) is 3.22. The number of nitrogens with zero attached hydrogens (tertiary/aromatic N) is 2. The molecular weight excluding hydrogens is 288 g/mol. The highest BCUT2D eigenvalue weighted by Crippen LogP contribution is 2.29. The van der Waals surface area contributed by atoms with Gasteiger partial charge >= 0.3 is 5.97 Å². The van der Waals surface area contributed by atoms with Crippen molar-refractivity contribution >= 4 is 32.9 Å². The van der Waals surface area contributed by atoms with E-state index in [2.05, 4.69) is 0 Å². The maximum atomic E-state index is 12.2. The smallest absolute Gasteiger partial charge is 0.356 e. The molecule has 5 nitrogen and oxygen atoms in total. The van der Waals surface area contributed by atoms with Crippen LogP contribution in [0, 0.1) is 11.3 Å². The summed E-state index contributed by atoms with van der Waals surface area (Å²) in [5.41, 5.74) is 1.18. The van der Waals surface area contributed by atoms with Crippen LogP contribution in [0.1, 0.15) is 23.0 Å². The molecule has 6 heteroatoms. The van der Waals surface area contributed by atoms with E-state index < -0.39 is 5.97 Å². The molecule has 0 aromatic carbocycles. The van der Waals surface area contributed by atoms with Crippen molar-refractivity contribution in [1.82, 2.24) is 4.40 Å². The molecule has 0 aliphatic carbocycles. The van der Waals surface area contributed by atoms with Crippen molar-refractivity contribution in [3.8, 4) is 6.07 Å². The number of hydrogen-bond donors (Lipinski definition) is 0. The lowest BCUT2D eigenvalue weighted by molar-refractivity contribution is 0.0521. The Morgan fingerprint density at radius 2 is 2.29 bits per heavy atom. The first-order chi connectivity index (χ1) is 10.2. The molecule has 0 amide bonds. The van der Waals surface area contributed by atoms with Gasteiger partial charge in [0.15, 0.2) is 0 Å². The molecule has 0 bridgehead atoms. The van der Waals surface area contributed by atoms with Crippen LogP contribution in [0.4, 0.5) is 0 Å². The van der Waals surface area contributed by atoms with Crippen LogP contribution in [0.2, 0.25) is 0 Å². The molecule has 0 aliphatic rings. The van der Waals surface area contributed by atoms with Crippen LogP contribution >= 0.6 is 11.3 Å². The summed E-state index contributed by atoms with van der Waals surface area (Å²) in [6, 6.07) is 8.89. The minimum absolute atomic E-state index is 0.0826. The molecule has 0 N–H and O–H groups in total. The predicted molar refractivity (Wildman–Crippen MR) is 79.7 cm³/mol. The van der Waals surface area contributed by atoms with Gasteiger partial charge in [0.2, 0.25) is 0 Å². The van der Waals surface area contributed by atoms with E-state index in [1.54, 1.807) is 23.6 Å². The molecule has 0 saturated heterocycles. The van der Waals surface area contributed by atoms with Crippen molar-refractivity contribution in [2.45, 2.75) is 6.92 Å². The standard InChI is InChI=1S/C15H10N2O3S/c1-2-20-14(18)12-13-10(7-9(8-16)15(19)21-13)11-5-3-4-6-17(11)12/h3-7H,2H2,1H3. The molecule has 104 valence electrons. The third kappa shape index (κ3) is 1.99. The first-order valence-corrected chi connectivity index (χ1v) is 7.13. The third-order valence-corrected chi connectivity index (χ3v) is 4.15. The number of hydrogen-bond acceptors (Lipinski definition) is 5. The second kappa shape index (κ2) is 5.04. The Morgan fingerprint density at radius 3 is 3.00 bits per heavy atom. The first kappa shape index (κ1) is 13.3. The number of esters is 1. The van der Waals surface area contributed by atoms with E-state index in [1.165, 1.54) is 6.07 Å². The average Bonchev–Trinajstić information content (AvgIpc) is 2.80. The normalized spacial score (nSPS) is 10.7. The number of aromatic nitrogens is 1. The van der Waals surface area contributed by atoms with Gasteiger partial charge < -0.3 is 9.14 Å². The summed E-state index contributed by atoms with van der Waals surface area (Å²) in [5, 5.41) is 9.72. The predicted octanol–water partition coefficient (Wildman–Crippen LogP) is 2.56. The van der Waals surface area contributed by atoms with Crippen molar-refractivity contribution in [2.75, 3.05) is 6.61 Å². The van der Waals surface area contributed by atoms with E-state index in [0.29, 0.717) is 15.8 Å². The molecule has 0 spiro atoms. The first-order valence-electron chi connectivity index (χ1n) is 6.31. The van der Waals surface area contributed by atoms with E-state index in [9.17, 15) is 9.59 Å². The molecular formula is C15H10N2O3S. The maximum absolute atomic E-state index is 12.2. The lowest BCUT2D eigenvalue weighted by Crippen LogP contribution is -2.08. The quantitative estimate of drug-likeness (QED) is 0.682. The Balaban J connectivity index is 2.49. The van der Waals surface area contributed by atoms with Crippen LogP contribution in [-0.4, -0.2) is 17.0 Å². The van der Waals surface area contributed by atoms with Gasteiger partial charge in [-0.15, -0.1) is 0 Å². The number of fused-ring (bicyclic) bond motifs is 3. The lowest BCUT2D eigenvalue weighted by atomic mass is 10.2. The van der Waals surface area contributed by atoms with Gasteiger partial charge in [0.1, 0.15) is 17.3 Å². The topological polar surface area (TPSA) is 71.6 Å². The summed E-state index contributed by atoms with van der Waals surface area (Å²) in [7, 11) is 0. The summed E-state index contributed by atoms with van der Waals surface area (Å²) in [6.45, 7) is 1.98. The van der Waals surface area contributed by atoms with Crippen molar-refractivity contribution in [3.05, 3.63) is 51.3 Å². The van der Waals surface area contributed by atoms with Gasteiger partial charge in [0, 0.05) is 11.6 Å². The number of nitriles is 1. The van der Waals surface area contributed by atoms with Crippen LogP contribution in [0.5, 0.6) is 0 Å². The highest BCUT2D eigenvalue weighted by molar-refractivity contribution is 7.17. The van der Waals surface area contributed by atoms with E-state index >= 15 is 0 Å². The minimum Gasteiger partial charge on any atom is -0.461 e. The lowest BCUT2D eigenvalue weighted by Gasteiger charge is -2.02. The second-order valence-electron chi connectivity index (χ2n) is 4.33. The van der Waals surface area contributed by atoms with Gasteiger partial charge in [0.25, 0.3) is 4.74 Å². The second-order valence-corrected chi connectivity index (χ2v) is 5.31. The fourth-order valence-electron chi connectivity index (χ4n) is 2.27. The van der Waals surface area contributed by atoms with Crippen LogP contribution in [0.15, 0.2) is 35.3 Å². The summed E-state index contributed by atoms with van der Waals surface area (Å²) in [4.78, 5) is 24.1. The SMILES string of the molecule is CCOC(=O)c1c2sc(=O)c(C#N)cc2c2ccccn12. The van der Waals surface area contributed by atoms with Crippen LogP contribution < -0.4 is 4.74 Å². The summed E-state index contributed by atoms with van der Waals surface area (Å²) in [5.74, 6) is -0.478. The fraction of sp³-hybridized carbons (Fsp3) is 0.133. The molecule has 3 aromatic heterocycles. The molecule has 0 saturated carbocycles. The van der Waals surface area contributed by atoms with Gasteiger partial charge in [0.05, 0.1) is 16.8 Å². The Hall–Kier alpha value is -2.65. The largest absolute Gasteiger partial charge is 0.461 e. The van der Waals surface area contributed by atoms with Gasteiger partial charge in [-0.3, -0.25) is 4.79 Å². The Bertz CT molecular complexity index is 963. The molecule has 0 fully saturated rings. The Kier molecular flexibility index (Phi) is 3.20. The van der Waals surface area contributed by atoms with E-state index in [1.807, 2.05) is 18.2 Å². The highest BCUT2D eigenvalue weighted by atomic mass is 32.1. The monoisotopic (exact) mass is 298 g/mol. The average molecular weight is 298 g/mol. The number of carbonyl (C=O) groups excluding carboxylic acids is 1. The van der Waals surface area contributed by atoms with Gasteiger partial charge in [-0.05, 0) is 25.1 Å². The van der Waals surface area contributed by atoms with Crippen LogP contribution in [-0.2, 0) is 4.74 Å². The Labute approximate surface area is 123 Å². The summed E-state index contributed by atoms with van der Waals surface area (Å²) >= 11 is 0.900. The third-order valence-electron chi connectivity index (χ3n) is 3.13. The molecule has 3 aromatic rings. The van der Waals surface area contributed by atoms with Gasteiger partial charge in [-0.25, -0.2) is 4.79 Å². The van der Waals surface area contributed by atoms with E-state index in [4.69, 9.17) is 10.00 Å². The van der Waals surface area contributed by atoms with Crippen molar-refractivity contribution in [2.24, 2.45) is 0 Å². The van der Waals surface area contributed by atoms with Crippen molar-refractivity contribution < 1.29 is 9.53 Å². The summed E-state index contributed by atoms with van der Waals surface area (Å²) < 4.78 is 6.96. The van der Waals surface area contributed by atoms with Crippen molar-refractivity contribution in [1.29, 1.82) is 5.26 Å². The summed E-state index contributed by atoms with van der Waals surface area (Å²) in [6.07, 6.45) is 1.74. The molecule has 21 heavy (non-hydrogen) atoms. The number of pyridine rings is 1. The molecule has 3 heterocycles. The van der Waals surface area contributed by atoms with Crippen molar-refractivity contribution in [3.63, 3.8) is 0 Å². The minimum atomic E-state index is -0.478. The maximum Gasteiger partial charge on any atom is 0.356 e. The van der Waals surface area contributed by atoms with E-state index in [0.717, 1.165) is 16.9 Å².